The molecule has 1 N–H and O–H groups in total. The van der Waals surface area contributed by atoms with E-state index in [2.05, 4.69) is 5.32 Å². The van der Waals surface area contributed by atoms with Gasteiger partial charge in [-0.2, -0.15) is 13.2 Å². The van der Waals surface area contributed by atoms with Crippen LogP contribution in [0.5, 0.6) is 0 Å². The summed E-state index contributed by atoms with van der Waals surface area (Å²) in [7, 11) is 0. The quantitative estimate of drug-likeness (QED) is 0.693. The monoisotopic (exact) mass is 399 g/mol. The number of nitrogens with one attached hydrogen (secondary N) is 1. The van der Waals surface area contributed by atoms with E-state index in [0.29, 0.717) is 6.07 Å². The predicted octanol–water partition coefficient (Wildman–Crippen LogP) is 5.03. The van der Waals surface area contributed by atoms with Crippen LogP contribution in [0.3, 0.4) is 0 Å². The van der Waals surface area contributed by atoms with E-state index in [-0.39, 0.29) is 17.4 Å². The Morgan fingerprint density at radius 3 is 2.44 bits per heavy atom. The molecule has 4 nitrogen and oxygen atoms in total. The van der Waals surface area contributed by atoms with Crippen LogP contribution in [0.15, 0.2) is 48.5 Å². The van der Waals surface area contributed by atoms with Crippen molar-refractivity contribution in [2.75, 3.05) is 11.9 Å². The van der Waals surface area contributed by atoms with E-state index in [9.17, 15) is 22.8 Å². The van der Waals surface area contributed by atoms with Gasteiger partial charge in [0.15, 0.2) is 6.61 Å². The summed E-state index contributed by atoms with van der Waals surface area (Å²) >= 11 is 5.58. The maximum Gasteiger partial charge on any atom is 0.418 e. The molecule has 0 fully saturated rings. The summed E-state index contributed by atoms with van der Waals surface area (Å²) in [6, 6.07) is 12.2. The Hall–Kier alpha value is -2.54. The zero-order chi connectivity index (χ0) is 20.0. The highest BCUT2D eigenvalue weighted by Crippen LogP contribution is 2.36. The van der Waals surface area contributed by atoms with Crippen LogP contribution in [0.2, 0.25) is 5.02 Å². The molecule has 2 aromatic carbocycles. The average molecular weight is 400 g/mol. The molecule has 2 aromatic rings. The first-order chi connectivity index (χ1) is 12.7. The largest absolute Gasteiger partial charge is 0.456 e. The highest BCUT2D eigenvalue weighted by Gasteiger charge is 2.34. The minimum atomic E-state index is -4.69. The Kier molecular flexibility index (Phi) is 6.85. The molecule has 0 saturated carbocycles. The molecule has 0 bridgehead atoms. The van der Waals surface area contributed by atoms with Gasteiger partial charge in [-0.1, -0.05) is 48.9 Å². The molecule has 0 aliphatic rings. The van der Waals surface area contributed by atoms with Crippen molar-refractivity contribution in [2.24, 2.45) is 0 Å². The van der Waals surface area contributed by atoms with Crippen LogP contribution in [-0.4, -0.2) is 18.5 Å². The lowest BCUT2D eigenvalue weighted by Crippen LogP contribution is -2.23. The van der Waals surface area contributed by atoms with Gasteiger partial charge in [0, 0.05) is 5.02 Å². The fourth-order valence-electron chi connectivity index (χ4n) is 2.40. The number of esters is 1. The number of anilines is 1. The van der Waals surface area contributed by atoms with Gasteiger partial charge in [-0.05, 0) is 29.7 Å². The Bertz CT molecular complexity index is 810. The summed E-state index contributed by atoms with van der Waals surface area (Å²) in [5.41, 5.74) is -0.590. The summed E-state index contributed by atoms with van der Waals surface area (Å²) in [4.78, 5) is 23.7. The number of hydrogen-bond donors (Lipinski definition) is 1. The molecule has 0 radical (unpaired) electrons. The lowest BCUT2D eigenvalue weighted by atomic mass is 9.98. The van der Waals surface area contributed by atoms with E-state index in [0.717, 1.165) is 11.6 Å². The van der Waals surface area contributed by atoms with Crippen molar-refractivity contribution in [3.8, 4) is 0 Å². The molecule has 144 valence electrons. The molecule has 0 heterocycles. The average Bonchev–Trinajstić information content (AvgIpc) is 2.61. The van der Waals surface area contributed by atoms with E-state index < -0.39 is 35.9 Å². The van der Waals surface area contributed by atoms with Crippen molar-refractivity contribution in [2.45, 2.75) is 25.4 Å². The smallest absolute Gasteiger partial charge is 0.418 e. The molecule has 0 aliphatic carbocycles. The Labute approximate surface area is 159 Å². The van der Waals surface area contributed by atoms with Gasteiger partial charge in [0.25, 0.3) is 5.91 Å². The second-order valence-corrected chi connectivity index (χ2v) is 6.35. The summed E-state index contributed by atoms with van der Waals surface area (Å²) in [6.07, 6.45) is -4.64. The minimum Gasteiger partial charge on any atom is -0.456 e. The number of rotatable bonds is 6. The lowest BCUT2D eigenvalue weighted by molar-refractivity contribution is -0.147. The molecule has 27 heavy (non-hydrogen) atoms. The van der Waals surface area contributed by atoms with Crippen molar-refractivity contribution in [3.63, 3.8) is 0 Å². The molecular formula is C19H17ClF3NO3. The molecule has 0 aliphatic heterocycles. The first-order valence-corrected chi connectivity index (χ1v) is 8.42. The van der Waals surface area contributed by atoms with Gasteiger partial charge >= 0.3 is 12.1 Å². The molecule has 8 heteroatoms. The van der Waals surface area contributed by atoms with E-state index in [4.69, 9.17) is 16.3 Å². The number of hydrogen-bond acceptors (Lipinski definition) is 3. The topological polar surface area (TPSA) is 55.4 Å². The zero-order valence-electron chi connectivity index (χ0n) is 14.3. The second-order valence-electron chi connectivity index (χ2n) is 5.91. The normalized spacial score (nSPS) is 12.3. The van der Waals surface area contributed by atoms with Crippen LogP contribution in [0.4, 0.5) is 18.9 Å². The van der Waals surface area contributed by atoms with Crippen molar-refractivity contribution in [1.82, 2.24) is 0 Å². The third-order valence-corrected chi connectivity index (χ3v) is 4.00. The molecular weight excluding hydrogens is 383 g/mol. The van der Waals surface area contributed by atoms with Gasteiger partial charge in [0.2, 0.25) is 0 Å². The van der Waals surface area contributed by atoms with E-state index >= 15 is 0 Å². The Balaban J connectivity index is 1.90. The molecule has 0 saturated heterocycles. The van der Waals surface area contributed by atoms with Crippen molar-refractivity contribution < 1.29 is 27.5 Å². The molecule has 1 unspecified atom stereocenters. The fraction of sp³-hybridized carbons (Fsp3) is 0.263. The Morgan fingerprint density at radius 2 is 1.81 bits per heavy atom. The first-order valence-electron chi connectivity index (χ1n) is 8.04. The molecule has 0 spiro atoms. The van der Waals surface area contributed by atoms with E-state index in [1.54, 1.807) is 0 Å². The number of ether oxygens (including phenoxy) is 1. The number of amides is 1. The second kappa shape index (κ2) is 8.90. The van der Waals surface area contributed by atoms with Gasteiger partial charge in [-0.3, -0.25) is 9.59 Å². The number of carbonyl (C=O) groups is 2. The summed E-state index contributed by atoms with van der Waals surface area (Å²) in [6.45, 7) is 1.15. The predicted molar refractivity (Wildman–Crippen MR) is 95.5 cm³/mol. The third kappa shape index (κ3) is 6.29. The van der Waals surface area contributed by atoms with Crippen molar-refractivity contribution in [1.29, 1.82) is 0 Å². The lowest BCUT2D eigenvalue weighted by Gasteiger charge is -2.15. The number of benzene rings is 2. The molecule has 1 atom stereocenters. The maximum absolute atomic E-state index is 13.0. The third-order valence-electron chi connectivity index (χ3n) is 3.77. The molecule has 2 rings (SSSR count). The van der Waals surface area contributed by atoms with Gasteiger partial charge in [-0.15, -0.1) is 0 Å². The van der Waals surface area contributed by atoms with E-state index in [1.807, 2.05) is 37.3 Å². The molecule has 1 amide bonds. The van der Waals surface area contributed by atoms with Crippen molar-refractivity contribution >= 4 is 29.2 Å². The van der Waals surface area contributed by atoms with Crippen LogP contribution < -0.4 is 5.32 Å². The number of halogens is 4. The summed E-state index contributed by atoms with van der Waals surface area (Å²) < 4.78 is 43.9. The van der Waals surface area contributed by atoms with Crippen molar-refractivity contribution in [3.05, 3.63) is 64.7 Å². The number of alkyl halides is 3. The summed E-state index contributed by atoms with van der Waals surface area (Å²) in [5, 5.41) is 1.98. The van der Waals surface area contributed by atoms with Crippen LogP contribution in [0, 0.1) is 0 Å². The first kappa shape index (κ1) is 20.8. The minimum absolute atomic E-state index is 0.0477. The van der Waals surface area contributed by atoms with Crippen LogP contribution in [-0.2, 0) is 20.5 Å². The Morgan fingerprint density at radius 1 is 1.15 bits per heavy atom. The highest BCUT2D eigenvalue weighted by atomic mass is 35.5. The van der Waals surface area contributed by atoms with Crippen LogP contribution in [0.25, 0.3) is 0 Å². The molecule has 0 aromatic heterocycles. The summed E-state index contributed by atoms with van der Waals surface area (Å²) in [5.74, 6) is -1.60. The SMILES string of the molecule is CC(CC(=O)OCC(=O)Nc1ccc(Cl)cc1C(F)(F)F)c1ccccc1. The van der Waals surface area contributed by atoms with Gasteiger partial charge < -0.3 is 10.1 Å². The van der Waals surface area contributed by atoms with Gasteiger partial charge in [-0.25, -0.2) is 0 Å². The van der Waals surface area contributed by atoms with Crippen LogP contribution >= 0.6 is 11.6 Å². The standard InChI is InChI=1S/C19H17ClF3NO3/c1-12(13-5-3-2-4-6-13)9-18(26)27-11-17(25)24-16-8-7-14(20)10-15(16)19(21,22)23/h2-8,10,12H,9,11H2,1H3,(H,24,25). The fourth-order valence-corrected chi connectivity index (χ4v) is 2.57. The maximum atomic E-state index is 13.0. The van der Waals surface area contributed by atoms with Gasteiger partial charge in [0.1, 0.15) is 0 Å². The van der Waals surface area contributed by atoms with Gasteiger partial charge in [0.05, 0.1) is 17.7 Å². The van der Waals surface area contributed by atoms with Crippen LogP contribution in [0.1, 0.15) is 30.4 Å². The number of carbonyl (C=O) groups excluding carboxylic acids is 2. The highest BCUT2D eigenvalue weighted by molar-refractivity contribution is 6.30. The van der Waals surface area contributed by atoms with E-state index in [1.165, 1.54) is 6.07 Å². The zero-order valence-corrected chi connectivity index (χ0v) is 15.1.